The van der Waals surface area contributed by atoms with Crippen LogP contribution in [0.4, 0.5) is 19.0 Å². The van der Waals surface area contributed by atoms with Crippen LogP contribution in [-0.2, 0) is 11.0 Å². The number of amides is 1. The Labute approximate surface area is 172 Å². The van der Waals surface area contributed by atoms with Crippen molar-refractivity contribution in [1.29, 1.82) is 0 Å². The van der Waals surface area contributed by atoms with E-state index >= 15 is 0 Å². The summed E-state index contributed by atoms with van der Waals surface area (Å²) in [7, 11) is 0. The molecule has 2 aliphatic heterocycles. The largest absolute Gasteiger partial charge is 0.453 e. The second-order valence-corrected chi connectivity index (χ2v) is 7.94. The van der Waals surface area contributed by atoms with E-state index in [1.54, 1.807) is 6.07 Å². The fourth-order valence-electron chi connectivity index (χ4n) is 4.16. The van der Waals surface area contributed by atoms with E-state index in [0.717, 1.165) is 24.1 Å². The number of halogens is 3. The quantitative estimate of drug-likeness (QED) is 0.789. The Morgan fingerprint density at radius 3 is 2.50 bits per heavy atom. The molecule has 0 bridgehead atoms. The highest BCUT2D eigenvalue weighted by Crippen LogP contribution is 2.28. The van der Waals surface area contributed by atoms with Crippen LogP contribution in [0.3, 0.4) is 0 Å². The lowest BCUT2D eigenvalue weighted by atomic mass is 9.96. The summed E-state index contributed by atoms with van der Waals surface area (Å²) in [6.45, 7) is 4.88. The monoisotopic (exact) mass is 425 g/mol. The number of nitrogens with one attached hydrogen (secondary N) is 1. The van der Waals surface area contributed by atoms with Gasteiger partial charge in [-0.3, -0.25) is 4.79 Å². The topological polar surface area (TPSA) is 78.7 Å². The van der Waals surface area contributed by atoms with Crippen LogP contribution < -0.4 is 10.2 Å². The third-order valence-corrected chi connectivity index (χ3v) is 5.87. The number of rotatable bonds is 5. The standard InChI is InChI=1S/C19H26F3N7O/c20-19(21,22)18-25-24-15-4-5-16(26-29(15)18)28-11-6-14(7-12-28)17(30)23-8-13-27-9-2-1-3-10-27/h4-5,14H,1-3,6-13H2,(H,23,30). The molecule has 4 heterocycles. The smallest absolute Gasteiger partial charge is 0.355 e. The molecule has 2 fully saturated rings. The van der Waals surface area contributed by atoms with E-state index in [2.05, 4.69) is 25.5 Å². The Balaban J connectivity index is 1.30. The molecular formula is C19H26F3N7O. The zero-order valence-electron chi connectivity index (χ0n) is 16.7. The Morgan fingerprint density at radius 1 is 1.07 bits per heavy atom. The third-order valence-electron chi connectivity index (χ3n) is 5.87. The number of likely N-dealkylation sites (tertiary alicyclic amines) is 1. The Bertz CT molecular complexity index is 871. The first-order valence-electron chi connectivity index (χ1n) is 10.5. The van der Waals surface area contributed by atoms with Gasteiger partial charge in [-0.1, -0.05) is 6.42 Å². The summed E-state index contributed by atoms with van der Waals surface area (Å²) in [5, 5.41) is 13.9. The molecule has 0 aliphatic carbocycles. The molecule has 0 spiro atoms. The summed E-state index contributed by atoms with van der Waals surface area (Å²) >= 11 is 0. The predicted molar refractivity (Wildman–Crippen MR) is 104 cm³/mol. The number of carbonyl (C=O) groups is 1. The van der Waals surface area contributed by atoms with Crippen LogP contribution in [0.1, 0.15) is 37.9 Å². The molecular weight excluding hydrogens is 399 g/mol. The second kappa shape index (κ2) is 8.75. The van der Waals surface area contributed by atoms with E-state index < -0.39 is 12.0 Å². The molecule has 0 atom stereocenters. The summed E-state index contributed by atoms with van der Waals surface area (Å²) in [6.07, 6.45) is 0.410. The maximum absolute atomic E-state index is 13.1. The van der Waals surface area contributed by atoms with Gasteiger partial charge in [0.05, 0.1) is 0 Å². The van der Waals surface area contributed by atoms with Crippen molar-refractivity contribution in [3.8, 4) is 0 Å². The molecule has 0 saturated carbocycles. The number of aromatic nitrogens is 4. The first kappa shape index (κ1) is 20.8. The summed E-state index contributed by atoms with van der Waals surface area (Å²) in [4.78, 5) is 16.8. The number of hydrogen-bond donors (Lipinski definition) is 1. The molecule has 0 radical (unpaired) electrons. The number of hydrogen-bond acceptors (Lipinski definition) is 6. The molecule has 11 heteroatoms. The summed E-state index contributed by atoms with van der Waals surface area (Å²) in [5.74, 6) is -0.723. The van der Waals surface area contributed by atoms with E-state index in [9.17, 15) is 18.0 Å². The van der Waals surface area contributed by atoms with Crippen molar-refractivity contribution in [1.82, 2.24) is 30.0 Å². The minimum atomic E-state index is -4.62. The molecule has 2 saturated heterocycles. The van der Waals surface area contributed by atoms with Gasteiger partial charge in [0.1, 0.15) is 5.82 Å². The van der Waals surface area contributed by atoms with Crippen molar-refractivity contribution in [3.63, 3.8) is 0 Å². The van der Waals surface area contributed by atoms with Gasteiger partial charge in [0.25, 0.3) is 5.82 Å². The average molecular weight is 425 g/mol. The van der Waals surface area contributed by atoms with Gasteiger partial charge in [0.15, 0.2) is 5.65 Å². The normalized spacial score (nSPS) is 19.4. The number of nitrogens with zero attached hydrogens (tertiary/aromatic N) is 6. The van der Waals surface area contributed by atoms with Crippen LogP contribution in [0.5, 0.6) is 0 Å². The van der Waals surface area contributed by atoms with Crippen molar-refractivity contribution in [2.75, 3.05) is 44.2 Å². The molecule has 8 nitrogen and oxygen atoms in total. The van der Waals surface area contributed by atoms with Crippen LogP contribution in [0.25, 0.3) is 5.65 Å². The maximum atomic E-state index is 13.1. The number of piperidine rings is 2. The summed E-state index contributed by atoms with van der Waals surface area (Å²) < 4.78 is 39.9. The van der Waals surface area contributed by atoms with E-state index in [1.807, 2.05) is 4.90 Å². The average Bonchev–Trinajstić information content (AvgIpc) is 3.18. The molecule has 164 valence electrons. The summed E-state index contributed by atoms with van der Waals surface area (Å²) in [5.41, 5.74) is 0.0500. The predicted octanol–water partition coefficient (Wildman–Crippen LogP) is 1.96. The lowest BCUT2D eigenvalue weighted by Crippen LogP contribution is -2.43. The van der Waals surface area contributed by atoms with Crippen molar-refractivity contribution >= 4 is 17.4 Å². The molecule has 1 amide bonds. The minimum absolute atomic E-state index is 0.0500. The highest BCUT2D eigenvalue weighted by molar-refractivity contribution is 5.79. The fraction of sp³-hybridized carbons (Fsp3) is 0.684. The van der Waals surface area contributed by atoms with Crippen molar-refractivity contribution in [3.05, 3.63) is 18.0 Å². The Morgan fingerprint density at radius 2 is 1.80 bits per heavy atom. The Hall–Kier alpha value is -2.43. The van der Waals surface area contributed by atoms with Crippen LogP contribution in [0.15, 0.2) is 12.1 Å². The molecule has 1 N–H and O–H groups in total. The number of alkyl halides is 3. The van der Waals surface area contributed by atoms with Gasteiger partial charge in [-0.2, -0.15) is 17.7 Å². The zero-order chi connectivity index (χ0) is 21.1. The van der Waals surface area contributed by atoms with E-state index in [-0.39, 0.29) is 17.5 Å². The van der Waals surface area contributed by atoms with E-state index in [0.29, 0.717) is 38.3 Å². The minimum Gasteiger partial charge on any atom is -0.355 e. The lowest BCUT2D eigenvalue weighted by Gasteiger charge is -2.32. The zero-order valence-corrected chi connectivity index (χ0v) is 16.7. The highest BCUT2D eigenvalue weighted by Gasteiger charge is 2.38. The number of anilines is 1. The van der Waals surface area contributed by atoms with Crippen LogP contribution in [-0.4, -0.2) is 69.9 Å². The SMILES string of the molecule is O=C(NCCN1CCCCC1)C1CCN(c2ccc3nnc(C(F)(F)F)n3n2)CC1. The lowest BCUT2D eigenvalue weighted by molar-refractivity contribution is -0.146. The molecule has 0 aromatic carbocycles. The maximum Gasteiger partial charge on any atom is 0.453 e. The number of fused-ring (bicyclic) bond motifs is 1. The van der Waals surface area contributed by atoms with Crippen molar-refractivity contribution in [2.45, 2.75) is 38.3 Å². The van der Waals surface area contributed by atoms with Gasteiger partial charge in [0.2, 0.25) is 5.91 Å². The Kier molecular flexibility index (Phi) is 6.07. The van der Waals surface area contributed by atoms with Crippen LogP contribution >= 0.6 is 0 Å². The van der Waals surface area contributed by atoms with E-state index in [4.69, 9.17) is 0 Å². The van der Waals surface area contributed by atoms with E-state index in [1.165, 1.54) is 25.3 Å². The molecule has 2 aliphatic rings. The van der Waals surface area contributed by atoms with Gasteiger partial charge in [0, 0.05) is 32.1 Å². The van der Waals surface area contributed by atoms with Gasteiger partial charge in [-0.15, -0.1) is 15.3 Å². The molecule has 2 aromatic rings. The van der Waals surface area contributed by atoms with Crippen LogP contribution in [0, 0.1) is 5.92 Å². The van der Waals surface area contributed by atoms with Gasteiger partial charge in [-0.25, -0.2) is 0 Å². The van der Waals surface area contributed by atoms with Crippen molar-refractivity contribution < 1.29 is 18.0 Å². The first-order chi connectivity index (χ1) is 14.4. The fourth-order valence-corrected chi connectivity index (χ4v) is 4.16. The third kappa shape index (κ3) is 4.66. The molecule has 30 heavy (non-hydrogen) atoms. The summed E-state index contributed by atoms with van der Waals surface area (Å²) in [6, 6.07) is 3.12. The highest BCUT2D eigenvalue weighted by atomic mass is 19.4. The van der Waals surface area contributed by atoms with Gasteiger partial charge < -0.3 is 15.1 Å². The van der Waals surface area contributed by atoms with Gasteiger partial charge in [-0.05, 0) is 50.9 Å². The molecule has 2 aromatic heterocycles. The van der Waals surface area contributed by atoms with Crippen LogP contribution in [0.2, 0.25) is 0 Å². The van der Waals surface area contributed by atoms with Crippen molar-refractivity contribution in [2.24, 2.45) is 5.92 Å². The molecule has 0 unspecified atom stereocenters. The van der Waals surface area contributed by atoms with Gasteiger partial charge >= 0.3 is 6.18 Å². The number of carbonyl (C=O) groups excluding carboxylic acids is 1. The second-order valence-electron chi connectivity index (χ2n) is 7.94. The first-order valence-corrected chi connectivity index (χ1v) is 10.5. The molecule has 4 rings (SSSR count).